The van der Waals surface area contributed by atoms with Crippen LogP contribution in [0.25, 0.3) is 32.3 Å². The standard InChI is InChI=1S/C26H26N6O2S/c1-26(2,3)32-11-9-31(10-12-32)25-28-18-7-5-4-6-16(18)21(29-25)20-19(22(33)30-23(20)34)17-14-27-24-15(17)8-13-35-24/h4-8,13-14,27H,9-12H2,1-3H3,(H,30,33,34). The number of hydrogen-bond donors (Lipinski definition) is 2. The van der Waals surface area contributed by atoms with Crippen molar-refractivity contribution in [3.8, 4) is 0 Å². The number of hydrogen-bond acceptors (Lipinski definition) is 7. The topological polar surface area (TPSA) is 94.2 Å². The lowest BCUT2D eigenvalue weighted by Gasteiger charge is -2.42. The predicted octanol–water partition coefficient (Wildman–Crippen LogP) is 3.66. The Labute approximate surface area is 206 Å². The van der Waals surface area contributed by atoms with E-state index in [2.05, 4.69) is 40.9 Å². The molecule has 35 heavy (non-hydrogen) atoms. The summed E-state index contributed by atoms with van der Waals surface area (Å²) in [6, 6.07) is 9.63. The van der Waals surface area contributed by atoms with Crippen LogP contribution >= 0.6 is 11.3 Å². The number of amides is 2. The van der Waals surface area contributed by atoms with Crippen LogP contribution in [-0.2, 0) is 9.59 Å². The Hall–Kier alpha value is -3.56. The molecular formula is C26H26N6O2S. The number of anilines is 1. The highest BCUT2D eigenvalue weighted by molar-refractivity contribution is 7.16. The first-order chi connectivity index (χ1) is 16.8. The van der Waals surface area contributed by atoms with Crippen LogP contribution in [0.1, 0.15) is 32.0 Å². The van der Waals surface area contributed by atoms with Gasteiger partial charge in [0.15, 0.2) is 0 Å². The molecule has 0 spiro atoms. The van der Waals surface area contributed by atoms with E-state index in [1.165, 1.54) is 0 Å². The van der Waals surface area contributed by atoms with E-state index in [4.69, 9.17) is 9.97 Å². The molecule has 2 aliphatic rings. The summed E-state index contributed by atoms with van der Waals surface area (Å²) in [6.07, 6.45) is 1.80. The van der Waals surface area contributed by atoms with Gasteiger partial charge in [0.05, 0.1) is 22.4 Å². The molecule has 0 atom stereocenters. The number of benzene rings is 1. The molecule has 0 aliphatic carbocycles. The molecule has 4 aromatic rings. The molecule has 0 bridgehead atoms. The largest absolute Gasteiger partial charge is 0.352 e. The predicted molar refractivity (Wildman–Crippen MR) is 139 cm³/mol. The maximum atomic E-state index is 13.2. The minimum absolute atomic E-state index is 0.104. The van der Waals surface area contributed by atoms with Gasteiger partial charge in [0.2, 0.25) is 5.95 Å². The highest BCUT2D eigenvalue weighted by Gasteiger charge is 2.36. The van der Waals surface area contributed by atoms with Crippen molar-refractivity contribution in [2.45, 2.75) is 26.3 Å². The number of para-hydroxylation sites is 1. The first-order valence-electron chi connectivity index (χ1n) is 11.7. The van der Waals surface area contributed by atoms with E-state index in [9.17, 15) is 9.59 Å². The number of nitrogens with one attached hydrogen (secondary N) is 2. The Morgan fingerprint density at radius 1 is 0.914 bits per heavy atom. The van der Waals surface area contributed by atoms with Gasteiger partial charge < -0.3 is 9.88 Å². The number of nitrogens with zero attached hydrogens (tertiary/aromatic N) is 4. The molecule has 3 aromatic heterocycles. The zero-order valence-corrected chi connectivity index (χ0v) is 20.7. The number of thiophene rings is 1. The molecule has 0 radical (unpaired) electrons. The highest BCUT2D eigenvalue weighted by Crippen LogP contribution is 2.38. The maximum Gasteiger partial charge on any atom is 0.261 e. The fraction of sp³-hybridized carbons (Fsp3) is 0.308. The van der Waals surface area contributed by atoms with Crippen LogP contribution < -0.4 is 10.2 Å². The van der Waals surface area contributed by atoms with E-state index in [0.717, 1.165) is 47.3 Å². The van der Waals surface area contributed by atoms with Crippen LogP contribution in [0, 0.1) is 0 Å². The second kappa shape index (κ2) is 8.00. The van der Waals surface area contributed by atoms with E-state index in [1.807, 2.05) is 35.7 Å². The van der Waals surface area contributed by atoms with Gasteiger partial charge in [-0.1, -0.05) is 18.2 Å². The average Bonchev–Trinajstić information content (AvgIpc) is 3.52. The Kier molecular flexibility index (Phi) is 5.01. The molecule has 0 unspecified atom stereocenters. The minimum atomic E-state index is -0.429. The van der Waals surface area contributed by atoms with Crippen molar-refractivity contribution >= 4 is 61.4 Å². The lowest BCUT2D eigenvalue weighted by atomic mass is 9.97. The van der Waals surface area contributed by atoms with Crippen molar-refractivity contribution in [1.82, 2.24) is 25.2 Å². The molecule has 8 nitrogen and oxygen atoms in total. The van der Waals surface area contributed by atoms with Gasteiger partial charge in [-0.3, -0.25) is 19.8 Å². The summed E-state index contributed by atoms with van der Waals surface area (Å²) in [5, 5.41) is 6.14. The van der Waals surface area contributed by atoms with Gasteiger partial charge in [0, 0.05) is 54.3 Å². The Morgan fingerprint density at radius 2 is 1.66 bits per heavy atom. The molecule has 2 amide bonds. The van der Waals surface area contributed by atoms with Gasteiger partial charge >= 0.3 is 0 Å². The number of rotatable bonds is 3. The minimum Gasteiger partial charge on any atom is -0.352 e. The van der Waals surface area contributed by atoms with Crippen LogP contribution in [0.4, 0.5) is 5.95 Å². The number of piperazine rings is 1. The molecule has 2 aliphatic heterocycles. The van der Waals surface area contributed by atoms with Crippen LogP contribution in [0.3, 0.4) is 0 Å². The quantitative estimate of drug-likeness (QED) is 0.429. The number of aromatic amines is 1. The summed E-state index contributed by atoms with van der Waals surface area (Å²) in [5.74, 6) is -0.247. The second-order valence-electron chi connectivity index (χ2n) is 9.93. The van der Waals surface area contributed by atoms with Gasteiger partial charge in [-0.25, -0.2) is 9.97 Å². The maximum absolute atomic E-state index is 13.2. The van der Waals surface area contributed by atoms with E-state index in [-0.39, 0.29) is 5.54 Å². The van der Waals surface area contributed by atoms with Crippen molar-refractivity contribution in [2.75, 3.05) is 31.1 Å². The fourth-order valence-electron chi connectivity index (χ4n) is 4.97. The zero-order valence-electron chi connectivity index (χ0n) is 19.9. The lowest BCUT2D eigenvalue weighted by Crippen LogP contribution is -2.53. The third-order valence-corrected chi connectivity index (χ3v) is 7.69. The van der Waals surface area contributed by atoms with E-state index >= 15 is 0 Å². The average molecular weight is 487 g/mol. The van der Waals surface area contributed by atoms with E-state index < -0.39 is 11.8 Å². The number of H-pyrrole nitrogens is 1. The van der Waals surface area contributed by atoms with Gasteiger partial charge in [-0.05, 0) is 38.3 Å². The third kappa shape index (κ3) is 3.62. The number of aromatic nitrogens is 3. The van der Waals surface area contributed by atoms with E-state index in [0.29, 0.717) is 28.4 Å². The Bertz CT molecular complexity index is 1520. The summed E-state index contributed by atoms with van der Waals surface area (Å²) < 4.78 is 0. The smallest absolute Gasteiger partial charge is 0.261 e. The summed E-state index contributed by atoms with van der Waals surface area (Å²) >= 11 is 1.56. The molecule has 6 rings (SSSR count). The van der Waals surface area contributed by atoms with Gasteiger partial charge in [0.1, 0.15) is 4.83 Å². The Balaban J connectivity index is 1.51. The summed E-state index contributed by atoms with van der Waals surface area (Å²) in [4.78, 5) is 44.8. The molecule has 178 valence electrons. The number of imide groups is 1. The molecule has 1 saturated heterocycles. The summed E-state index contributed by atoms with van der Waals surface area (Å²) in [5.41, 5.74) is 2.71. The summed E-state index contributed by atoms with van der Waals surface area (Å²) in [7, 11) is 0. The molecule has 9 heteroatoms. The third-order valence-electron chi connectivity index (χ3n) is 6.84. The van der Waals surface area contributed by atoms with Crippen molar-refractivity contribution < 1.29 is 9.59 Å². The normalized spacial score (nSPS) is 17.7. The molecule has 0 saturated carbocycles. The second-order valence-corrected chi connectivity index (χ2v) is 10.8. The molecule has 2 N–H and O–H groups in total. The molecule has 1 aromatic carbocycles. The Morgan fingerprint density at radius 3 is 2.43 bits per heavy atom. The number of carbonyl (C=O) groups is 2. The molecule has 5 heterocycles. The van der Waals surface area contributed by atoms with Crippen LogP contribution in [0.15, 0.2) is 41.9 Å². The highest BCUT2D eigenvalue weighted by atomic mass is 32.1. The van der Waals surface area contributed by atoms with Crippen LogP contribution in [0.5, 0.6) is 0 Å². The number of fused-ring (bicyclic) bond motifs is 2. The van der Waals surface area contributed by atoms with Crippen LogP contribution in [-0.4, -0.2) is 63.4 Å². The van der Waals surface area contributed by atoms with Gasteiger partial charge in [-0.2, -0.15) is 0 Å². The van der Waals surface area contributed by atoms with Crippen molar-refractivity contribution in [3.05, 3.63) is 53.2 Å². The molecular weight excluding hydrogens is 460 g/mol. The van der Waals surface area contributed by atoms with E-state index in [1.54, 1.807) is 17.5 Å². The zero-order chi connectivity index (χ0) is 24.3. The lowest BCUT2D eigenvalue weighted by molar-refractivity contribution is -0.122. The van der Waals surface area contributed by atoms with Crippen LogP contribution in [0.2, 0.25) is 0 Å². The molecule has 1 fully saturated rings. The fourth-order valence-corrected chi connectivity index (χ4v) is 5.74. The van der Waals surface area contributed by atoms with Gasteiger partial charge in [-0.15, -0.1) is 11.3 Å². The monoisotopic (exact) mass is 486 g/mol. The first kappa shape index (κ1) is 21.9. The summed E-state index contributed by atoms with van der Waals surface area (Å²) in [6.45, 7) is 10.1. The van der Waals surface area contributed by atoms with Gasteiger partial charge in [0.25, 0.3) is 11.8 Å². The van der Waals surface area contributed by atoms with Crippen molar-refractivity contribution in [3.63, 3.8) is 0 Å². The van der Waals surface area contributed by atoms with Crippen molar-refractivity contribution in [2.24, 2.45) is 0 Å². The van der Waals surface area contributed by atoms with Crippen molar-refractivity contribution in [1.29, 1.82) is 0 Å². The first-order valence-corrected chi connectivity index (χ1v) is 12.6. The number of carbonyl (C=O) groups excluding carboxylic acids is 2. The SMILES string of the molecule is CC(C)(C)N1CCN(c2nc(C3=C(c4c[nH]c5sccc45)C(=O)NC3=O)c3ccccc3n2)CC1.